The second-order valence-corrected chi connectivity index (χ2v) is 6.75. The minimum atomic E-state index is -5.08. The molecule has 0 aliphatic carbocycles. The lowest BCUT2D eigenvalue weighted by molar-refractivity contribution is -0.192. The van der Waals surface area contributed by atoms with Crippen LogP contribution < -0.4 is 0 Å². The Bertz CT molecular complexity index is 896. The van der Waals surface area contributed by atoms with E-state index in [1.165, 1.54) is 11.0 Å². The van der Waals surface area contributed by atoms with E-state index in [0.717, 1.165) is 11.6 Å². The number of thiophene rings is 1. The first-order valence-electron chi connectivity index (χ1n) is 7.84. The molecule has 1 N–H and O–H groups in total. The number of amides is 1. The molecule has 2 aromatic heterocycles. The van der Waals surface area contributed by atoms with Crippen molar-refractivity contribution in [1.29, 1.82) is 0 Å². The summed E-state index contributed by atoms with van der Waals surface area (Å²) in [5, 5.41) is 7.12. The van der Waals surface area contributed by atoms with Crippen LogP contribution in [0.15, 0.2) is 36.7 Å². The average Bonchev–Trinajstić information content (AvgIpc) is 3.15. The van der Waals surface area contributed by atoms with Gasteiger partial charge in [0.25, 0.3) is 11.7 Å². The fraction of sp³-hybridized carbons (Fsp3) is 0.294. The number of carboxylic acid groups (broad SMARTS) is 1. The molecule has 2 rings (SSSR count). The average molecular weight is 456 g/mol. The smallest absolute Gasteiger partial charge is 0.475 e. The molecule has 1 unspecified atom stereocenters. The van der Waals surface area contributed by atoms with E-state index in [0.29, 0.717) is 11.3 Å². The number of hydrogen-bond acceptors (Lipinski definition) is 5. The molecular weight excluding hydrogens is 442 g/mol. The van der Waals surface area contributed by atoms with E-state index in [-0.39, 0.29) is 10.9 Å². The van der Waals surface area contributed by atoms with Gasteiger partial charge in [-0.25, -0.2) is 4.79 Å². The fourth-order valence-electron chi connectivity index (χ4n) is 1.93. The number of halogens is 6. The minimum absolute atomic E-state index is 0.0843. The van der Waals surface area contributed by atoms with Crippen LogP contribution >= 0.6 is 11.3 Å². The summed E-state index contributed by atoms with van der Waals surface area (Å²) in [4.78, 5) is 37.3. The van der Waals surface area contributed by atoms with E-state index in [9.17, 15) is 35.9 Å². The molecule has 13 heteroatoms. The normalized spacial score (nSPS) is 12.4. The molecule has 0 fully saturated rings. The molecule has 1 atom stereocenters. The number of carboxylic acids is 1. The molecule has 164 valence electrons. The zero-order chi connectivity index (χ0) is 23.3. The molecule has 0 aliphatic rings. The first-order chi connectivity index (χ1) is 13.7. The largest absolute Gasteiger partial charge is 0.490 e. The maximum absolute atomic E-state index is 12.4. The molecule has 0 aromatic carbocycles. The van der Waals surface area contributed by atoms with Crippen molar-refractivity contribution in [2.75, 3.05) is 7.05 Å². The lowest BCUT2D eigenvalue weighted by atomic mass is 10.1. The number of rotatable bonds is 4. The number of carbonyl (C=O) groups is 3. The van der Waals surface area contributed by atoms with Crippen LogP contribution in [0, 0.1) is 0 Å². The number of ketones is 1. The molecular formula is C17H14F6N2O4S. The summed E-state index contributed by atoms with van der Waals surface area (Å²) in [6.45, 7) is 1.79. The number of nitrogens with zero attached hydrogens (tertiary/aromatic N) is 2. The van der Waals surface area contributed by atoms with Gasteiger partial charge >= 0.3 is 18.3 Å². The monoisotopic (exact) mass is 456 g/mol. The first-order valence-corrected chi connectivity index (χ1v) is 8.66. The summed E-state index contributed by atoms with van der Waals surface area (Å²) >= 11 is 0.544. The van der Waals surface area contributed by atoms with Crippen LogP contribution in [0.3, 0.4) is 0 Å². The Morgan fingerprint density at radius 3 is 1.87 bits per heavy atom. The Labute approximate surface area is 169 Å². The SMILES string of the molecule is CC(c1ccncc1)N(C)C(=O)c1ccc(C(=O)C(F)(F)F)s1.O=C(O)C(F)(F)F. The van der Waals surface area contributed by atoms with Gasteiger partial charge in [-0.05, 0) is 36.8 Å². The van der Waals surface area contributed by atoms with Crippen molar-refractivity contribution >= 4 is 29.0 Å². The van der Waals surface area contributed by atoms with Gasteiger partial charge < -0.3 is 10.0 Å². The van der Waals surface area contributed by atoms with Crippen molar-refractivity contribution in [2.24, 2.45) is 0 Å². The van der Waals surface area contributed by atoms with E-state index in [1.54, 1.807) is 38.5 Å². The molecule has 0 bridgehead atoms. The topological polar surface area (TPSA) is 87.6 Å². The van der Waals surface area contributed by atoms with Crippen LogP contribution in [-0.2, 0) is 4.79 Å². The Kier molecular flexibility index (Phi) is 8.10. The number of pyridine rings is 1. The van der Waals surface area contributed by atoms with Crippen LogP contribution in [0.2, 0.25) is 0 Å². The second kappa shape index (κ2) is 9.69. The molecule has 6 nitrogen and oxygen atoms in total. The van der Waals surface area contributed by atoms with Crippen LogP contribution in [-0.4, -0.2) is 52.1 Å². The highest BCUT2D eigenvalue weighted by Crippen LogP contribution is 2.28. The molecule has 30 heavy (non-hydrogen) atoms. The number of carbonyl (C=O) groups excluding carboxylic acids is 2. The van der Waals surface area contributed by atoms with Gasteiger partial charge in [0.15, 0.2) is 0 Å². The molecule has 1 amide bonds. The van der Waals surface area contributed by atoms with E-state index in [1.807, 2.05) is 0 Å². The van der Waals surface area contributed by atoms with Crippen LogP contribution in [0.1, 0.15) is 37.9 Å². The van der Waals surface area contributed by atoms with Crippen molar-refractivity contribution < 1.29 is 45.8 Å². The van der Waals surface area contributed by atoms with Crippen molar-refractivity contribution in [1.82, 2.24) is 9.88 Å². The highest BCUT2D eigenvalue weighted by atomic mass is 32.1. The zero-order valence-corrected chi connectivity index (χ0v) is 16.1. The predicted octanol–water partition coefficient (Wildman–Crippen LogP) is 4.35. The van der Waals surface area contributed by atoms with Gasteiger partial charge in [0.1, 0.15) is 0 Å². The van der Waals surface area contributed by atoms with Crippen LogP contribution in [0.4, 0.5) is 26.3 Å². The second-order valence-electron chi connectivity index (χ2n) is 5.67. The third-order valence-electron chi connectivity index (χ3n) is 3.63. The molecule has 0 saturated heterocycles. The van der Waals surface area contributed by atoms with E-state index >= 15 is 0 Å². The molecule has 0 radical (unpaired) electrons. The summed E-state index contributed by atoms with van der Waals surface area (Å²) in [6, 6.07) is 5.48. The van der Waals surface area contributed by atoms with Gasteiger partial charge in [-0.1, -0.05) is 0 Å². The number of alkyl halides is 6. The molecule has 0 spiro atoms. The van der Waals surface area contributed by atoms with Gasteiger partial charge in [0, 0.05) is 19.4 Å². The van der Waals surface area contributed by atoms with Gasteiger partial charge in [0.2, 0.25) is 0 Å². The fourth-order valence-corrected chi connectivity index (χ4v) is 2.88. The number of hydrogen-bond donors (Lipinski definition) is 1. The summed E-state index contributed by atoms with van der Waals surface area (Å²) in [6.07, 6.45) is -6.84. The van der Waals surface area contributed by atoms with Crippen molar-refractivity contribution in [3.05, 3.63) is 52.0 Å². The molecule has 2 aromatic rings. The third kappa shape index (κ3) is 6.83. The van der Waals surface area contributed by atoms with E-state index in [2.05, 4.69) is 4.98 Å². The van der Waals surface area contributed by atoms with E-state index in [4.69, 9.17) is 9.90 Å². The Morgan fingerprint density at radius 1 is 0.967 bits per heavy atom. The molecule has 0 aliphatic heterocycles. The number of aromatic nitrogens is 1. The first kappa shape index (κ1) is 25.1. The maximum Gasteiger partial charge on any atom is 0.490 e. The highest BCUT2D eigenvalue weighted by Gasteiger charge is 2.40. The van der Waals surface area contributed by atoms with Gasteiger partial charge in [-0.15, -0.1) is 11.3 Å². The number of aliphatic carboxylic acids is 1. The Hall–Kier alpha value is -2.96. The standard InChI is InChI=1S/C15H13F3N2O2S.C2HF3O2/c1-9(10-5-7-19-8-6-10)20(2)14(22)12-4-3-11(23-12)13(21)15(16,17)18;3-2(4,5)1(6)7/h3-9H,1-2H3;(H,6,7). The quantitative estimate of drug-likeness (QED) is 0.546. The predicted molar refractivity (Wildman–Crippen MR) is 93.1 cm³/mol. The molecule has 2 heterocycles. The Morgan fingerprint density at radius 2 is 1.43 bits per heavy atom. The highest BCUT2D eigenvalue weighted by molar-refractivity contribution is 7.16. The Balaban J connectivity index is 0.000000553. The maximum atomic E-state index is 12.4. The van der Waals surface area contributed by atoms with Crippen molar-refractivity contribution in [3.8, 4) is 0 Å². The lowest BCUT2D eigenvalue weighted by Crippen LogP contribution is -2.29. The summed E-state index contributed by atoms with van der Waals surface area (Å²) in [7, 11) is 1.55. The van der Waals surface area contributed by atoms with Crippen molar-refractivity contribution in [2.45, 2.75) is 25.3 Å². The summed E-state index contributed by atoms with van der Waals surface area (Å²) in [5.74, 6) is -5.14. The zero-order valence-electron chi connectivity index (χ0n) is 15.3. The number of Topliss-reactive ketones (excluding diaryl/α,β-unsaturated/α-hetero) is 1. The van der Waals surface area contributed by atoms with Crippen molar-refractivity contribution in [3.63, 3.8) is 0 Å². The lowest BCUT2D eigenvalue weighted by Gasteiger charge is -2.24. The summed E-state index contributed by atoms with van der Waals surface area (Å²) < 4.78 is 69.0. The minimum Gasteiger partial charge on any atom is -0.475 e. The van der Waals surface area contributed by atoms with Crippen LogP contribution in [0.5, 0.6) is 0 Å². The van der Waals surface area contributed by atoms with Gasteiger partial charge in [0.05, 0.1) is 15.8 Å². The van der Waals surface area contributed by atoms with Crippen LogP contribution in [0.25, 0.3) is 0 Å². The van der Waals surface area contributed by atoms with E-state index < -0.39 is 34.9 Å². The van der Waals surface area contributed by atoms with Gasteiger partial charge in [-0.2, -0.15) is 26.3 Å². The van der Waals surface area contributed by atoms with Gasteiger partial charge in [-0.3, -0.25) is 14.6 Å². The summed E-state index contributed by atoms with van der Waals surface area (Å²) in [5.41, 5.74) is 0.846. The molecule has 0 saturated carbocycles. The third-order valence-corrected chi connectivity index (χ3v) is 4.70.